The van der Waals surface area contributed by atoms with Gasteiger partial charge in [0.25, 0.3) is 0 Å². The average Bonchev–Trinajstić information content (AvgIpc) is 3.53. The first kappa shape index (κ1) is 36.9. The largest absolute Gasteiger partial charge is 0.473 e. The minimum Gasteiger partial charge on any atom is -0.473 e. The molecule has 0 saturated carbocycles. The van der Waals surface area contributed by atoms with E-state index < -0.39 is 11.9 Å². The number of nitrogens with zero attached hydrogens (tertiary/aromatic N) is 5. The summed E-state index contributed by atoms with van der Waals surface area (Å²) in [6, 6.07) is 29.9. The molecule has 0 atom stereocenters. The molecule has 5 rings (SSSR count). The molecule has 0 spiro atoms. The third kappa shape index (κ3) is 11.3. The molecule has 2 heterocycles. The molecule has 2 aromatic heterocycles. The van der Waals surface area contributed by atoms with Crippen molar-refractivity contribution in [2.75, 3.05) is 54.4 Å². The van der Waals surface area contributed by atoms with E-state index in [0.29, 0.717) is 0 Å². The highest BCUT2D eigenvalue weighted by atomic mass is 16.4. The fourth-order valence-electron chi connectivity index (χ4n) is 5.22. The summed E-state index contributed by atoms with van der Waals surface area (Å²) in [5.74, 6) is -2.92. The number of rotatable bonds is 15. The number of benzene rings is 3. The second-order valence-electron chi connectivity index (χ2n) is 12.3. The van der Waals surface area contributed by atoms with Crippen LogP contribution in [0.4, 0.5) is 0 Å². The van der Waals surface area contributed by atoms with Gasteiger partial charge in [-0.25, -0.2) is 19.6 Å². The van der Waals surface area contributed by atoms with Gasteiger partial charge in [-0.05, 0) is 96.5 Å². The van der Waals surface area contributed by atoms with E-state index in [1.807, 2.05) is 6.07 Å². The first-order valence-electron chi connectivity index (χ1n) is 16.4. The monoisotopic (exact) mass is 665 g/mol. The van der Waals surface area contributed by atoms with Crippen molar-refractivity contribution in [3.63, 3.8) is 0 Å². The fraction of sp³-hybridized carbons (Fsp3) is 0.316. The van der Waals surface area contributed by atoms with E-state index >= 15 is 0 Å². The van der Waals surface area contributed by atoms with E-state index in [1.165, 1.54) is 11.1 Å². The first-order chi connectivity index (χ1) is 23.6. The quantitative estimate of drug-likeness (QED) is 0.0895. The number of nitrogens with one attached hydrogen (secondary N) is 2. The second-order valence-corrected chi connectivity index (χ2v) is 12.3. The molecule has 0 aliphatic rings. The summed E-state index contributed by atoms with van der Waals surface area (Å²) in [5, 5.41) is 22.9. The zero-order valence-corrected chi connectivity index (χ0v) is 28.8. The van der Waals surface area contributed by atoms with E-state index in [-0.39, 0.29) is 0 Å². The van der Waals surface area contributed by atoms with Gasteiger partial charge < -0.3 is 35.2 Å². The molecule has 4 N–H and O–H groups in total. The summed E-state index contributed by atoms with van der Waals surface area (Å²) in [7, 11) is 8.46. The van der Waals surface area contributed by atoms with Gasteiger partial charge in [0.1, 0.15) is 5.65 Å². The summed E-state index contributed by atoms with van der Waals surface area (Å²) in [5.41, 5.74) is 7.57. The number of aromatic nitrogens is 3. The molecule has 49 heavy (non-hydrogen) atoms. The molecule has 0 unspecified atom stereocenters. The normalized spacial score (nSPS) is 11.1. The maximum atomic E-state index is 9.10. The van der Waals surface area contributed by atoms with E-state index in [2.05, 4.69) is 138 Å². The topological polar surface area (TPSA) is 136 Å². The van der Waals surface area contributed by atoms with Gasteiger partial charge in [0, 0.05) is 41.5 Å². The lowest BCUT2D eigenvalue weighted by molar-refractivity contribution is -0.159. The molecule has 0 radical (unpaired) electrons. The molecule has 0 fully saturated rings. The number of aliphatic carboxylic acids is 2. The molecule has 11 heteroatoms. The van der Waals surface area contributed by atoms with Crippen LogP contribution in [0.1, 0.15) is 24.0 Å². The molecule has 11 nitrogen and oxygen atoms in total. The lowest BCUT2D eigenvalue weighted by atomic mass is 10.1. The predicted molar refractivity (Wildman–Crippen MR) is 195 cm³/mol. The molecule has 0 aliphatic carbocycles. The SMILES string of the molecule is CN(C)CCCNCc1ccc(-c2nc(-c3ccc(CNCCCN(C)C)cc3)c3ccn(-c4ccccc4)c3n2)cc1.O=C(O)C(=O)O. The van der Waals surface area contributed by atoms with Crippen LogP contribution in [0.5, 0.6) is 0 Å². The summed E-state index contributed by atoms with van der Waals surface area (Å²) in [6.45, 7) is 5.91. The van der Waals surface area contributed by atoms with Crippen molar-refractivity contribution in [1.82, 2.24) is 35.0 Å². The molecular weight excluding hydrogens is 618 g/mol. The number of carboxylic acids is 2. The number of carboxylic acid groups (broad SMARTS) is 2. The van der Waals surface area contributed by atoms with Crippen LogP contribution in [-0.4, -0.2) is 101 Å². The highest BCUT2D eigenvalue weighted by Gasteiger charge is 2.16. The zero-order valence-electron chi connectivity index (χ0n) is 28.8. The van der Waals surface area contributed by atoms with Gasteiger partial charge in [0.05, 0.1) is 5.69 Å². The van der Waals surface area contributed by atoms with E-state index in [4.69, 9.17) is 29.8 Å². The van der Waals surface area contributed by atoms with E-state index in [9.17, 15) is 0 Å². The van der Waals surface area contributed by atoms with Gasteiger partial charge >= 0.3 is 11.9 Å². The third-order valence-corrected chi connectivity index (χ3v) is 7.78. The molecule has 0 aliphatic heterocycles. The molecule has 0 saturated heterocycles. The Bertz CT molecular complexity index is 1760. The summed E-state index contributed by atoms with van der Waals surface area (Å²) < 4.78 is 2.15. The van der Waals surface area contributed by atoms with Crippen molar-refractivity contribution in [2.24, 2.45) is 0 Å². The Morgan fingerprint density at radius 3 is 1.67 bits per heavy atom. The third-order valence-electron chi connectivity index (χ3n) is 7.78. The van der Waals surface area contributed by atoms with Crippen molar-refractivity contribution < 1.29 is 19.8 Å². The van der Waals surface area contributed by atoms with Gasteiger partial charge in [-0.15, -0.1) is 0 Å². The summed E-state index contributed by atoms with van der Waals surface area (Å²) in [6.07, 6.45) is 4.37. The lowest BCUT2D eigenvalue weighted by Gasteiger charge is -2.12. The molecule has 0 bridgehead atoms. The highest BCUT2D eigenvalue weighted by molar-refractivity contribution is 6.27. The summed E-state index contributed by atoms with van der Waals surface area (Å²) in [4.78, 5) is 32.9. The van der Waals surface area contributed by atoms with Crippen LogP contribution in [0.3, 0.4) is 0 Å². The first-order valence-corrected chi connectivity index (χ1v) is 16.4. The number of fused-ring (bicyclic) bond motifs is 1. The average molecular weight is 666 g/mol. The lowest BCUT2D eigenvalue weighted by Crippen LogP contribution is -2.20. The van der Waals surface area contributed by atoms with Crippen molar-refractivity contribution in [3.8, 4) is 28.3 Å². The Balaban J connectivity index is 0.000000827. The van der Waals surface area contributed by atoms with Gasteiger partial charge in [0.2, 0.25) is 0 Å². The van der Waals surface area contributed by atoms with Crippen LogP contribution in [0, 0.1) is 0 Å². The molecule has 258 valence electrons. The van der Waals surface area contributed by atoms with Crippen LogP contribution in [0.2, 0.25) is 0 Å². The molecular formula is C38H47N7O4. The maximum Gasteiger partial charge on any atom is 0.414 e. The Hall–Kier alpha value is -4.94. The summed E-state index contributed by atoms with van der Waals surface area (Å²) >= 11 is 0. The highest BCUT2D eigenvalue weighted by Crippen LogP contribution is 2.31. The number of para-hydroxylation sites is 1. The molecule has 3 aromatic carbocycles. The van der Waals surface area contributed by atoms with Crippen LogP contribution >= 0.6 is 0 Å². The predicted octanol–water partition coefficient (Wildman–Crippen LogP) is 4.99. The van der Waals surface area contributed by atoms with Gasteiger partial charge in [0.15, 0.2) is 5.82 Å². The Morgan fingerprint density at radius 1 is 0.673 bits per heavy atom. The Morgan fingerprint density at radius 2 is 1.18 bits per heavy atom. The van der Waals surface area contributed by atoms with Crippen molar-refractivity contribution in [3.05, 3.63) is 102 Å². The van der Waals surface area contributed by atoms with Crippen molar-refractivity contribution in [1.29, 1.82) is 0 Å². The van der Waals surface area contributed by atoms with Crippen LogP contribution in [0.15, 0.2) is 91.1 Å². The van der Waals surface area contributed by atoms with Crippen LogP contribution < -0.4 is 10.6 Å². The second kappa shape index (κ2) is 18.6. The van der Waals surface area contributed by atoms with Gasteiger partial charge in [-0.3, -0.25) is 0 Å². The number of hydrogen-bond donors (Lipinski definition) is 4. The number of hydrogen-bond acceptors (Lipinski definition) is 8. The smallest absolute Gasteiger partial charge is 0.414 e. The van der Waals surface area contributed by atoms with E-state index in [0.717, 1.165) is 91.5 Å². The maximum absolute atomic E-state index is 9.10. The van der Waals surface area contributed by atoms with Crippen molar-refractivity contribution in [2.45, 2.75) is 25.9 Å². The standard InChI is InChI=1S/C36H45N7.C2H2O4/c1-41(2)23-8-21-37-26-28-12-16-30(17-13-28)34-33-20-25-43(32-10-6-5-7-11-32)36(33)40-35(39-34)31-18-14-29(15-19-31)27-38-22-9-24-42(3)4;3-1(4)2(5)6/h5-7,10-20,25,37-38H,8-9,21-24,26-27H2,1-4H3;(H,3,4)(H,5,6). The zero-order chi connectivity index (χ0) is 35.2. The molecule has 5 aromatic rings. The fourth-order valence-corrected chi connectivity index (χ4v) is 5.22. The number of carbonyl (C=O) groups is 2. The minimum absolute atomic E-state index is 0.732. The van der Waals surface area contributed by atoms with Gasteiger partial charge in [-0.2, -0.15) is 0 Å². The van der Waals surface area contributed by atoms with Crippen LogP contribution in [0.25, 0.3) is 39.4 Å². The van der Waals surface area contributed by atoms with Gasteiger partial charge in [-0.1, -0.05) is 66.7 Å². The molecule has 0 amide bonds. The Kier molecular flexibility index (Phi) is 14.0. The Labute approximate surface area is 288 Å². The van der Waals surface area contributed by atoms with E-state index in [1.54, 1.807) is 0 Å². The van der Waals surface area contributed by atoms with Crippen molar-refractivity contribution >= 4 is 23.0 Å². The minimum atomic E-state index is -1.82. The van der Waals surface area contributed by atoms with Crippen LogP contribution in [-0.2, 0) is 22.7 Å².